The number of piperazine rings is 1. The van der Waals surface area contributed by atoms with Gasteiger partial charge in [-0.3, -0.25) is 4.90 Å². The molecule has 0 spiro atoms. The molecule has 0 amide bonds. The fraction of sp³-hybridized carbons (Fsp3) is 0.778. The molecule has 2 saturated heterocycles. The Hall–Kier alpha value is -0.340. The number of likely N-dealkylation sites (N-methyl/N-ethyl adjacent to an activating group) is 2. The molecule has 2 rings (SSSR count). The molecule has 0 aromatic heterocycles. The van der Waals surface area contributed by atoms with Gasteiger partial charge in [0.1, 0.15) is 0 Å². The predicted molar refractivity (Wildman–Crippen MR) is 46.6 cm³/mol. The fourth-order valence-electron chi connectivity index (χ4n) is 2.31. The van der Waals surface area contributed by atoms with E-state index in [1.807, 2.05) is 0 Å². The van der Waals surface area contributed by atoms with Crippen LogP contribution < -0.4 is 0 Å². The SMILES string of the molecule is C=C1C[C@@H]2CN(C)C[C@H]1N2C. The lowest BCUT2D eigenvalue weighted by atomic mass is 10.1. The van der Waals surface area contributed by atoms with E-state index >= 15 is 0 Å². The second-order valence-corrected chi connectivity index (χ2v) is 3.92. The molecule has 0 radical (unpaired) electrons. The summed E-state index contributed by atoms with van der Waals surface area (Å²) in [5.74, 6) is 0. The van der Waals surface area contributed by atoms with Gasteiger partial charge in [0.2, 0.25) is 0 Å². The summed E-state index contributed by atoms with van der Waals surface area (Å²) in [6.45, 7) is 6.50. The normalized spacial score (nSPS) is 40.0. The molecule has 0 unspecified atom stereocenters. The van der Waals surface area contributed by atoms with Crippen molar-refractivity contribution >= 4 is 0 Å². The number of hydrogen-bond donors (Lipinski definition) is 0. The molecule has 2 heterocycles. The Balaban J connectivity index is 2.20. The van der Waals surface area contributed by atoms with E-state index in [9.17, 15) is 0 Å². The van der Waals surface area contributed by atoms with Crippen molar-refractivity contribution in [1.82, 2.24) is 9.80 Å². The van der Waals surface area contributed by atoms with Gasteiger partial charge in [-0.1, -0.05) is 12.2 Å². The average Bonchev–Trinajstić information content (AvgIpc) is 2.17. The molecule has 2 aliphatic heterocycles. The maximum Gasteiger partial charge on any atom is 0.0433 e. The minimum absolute atomic E-state index is 0.638. The molecule has 62 valence electrons. The van der Waals surface area contributed by atoms with E-state index < -0.39 is 0 Å². The van der Waals surface area contributed by atoms with E-state index in [1.165, 1.54) is 25.1 Å². The summed E-state index contributed by atoms with van der Waals surface area (Å²) in [4.78, 5) is 4.88. The number of likely N-dealkylation sites (tertiary alicyclic amines) is 1. The summed E-state index contributed by atoms with van der Waals surface area (Å²) < 4.78 is 0. The molecule has 2 atom stereocenters. The Morgan fingerprint density at radius 1 is 1.36 bits per heavy atom. The van der Waals surface area contributed by atoms with Crippen molar-refractivity contribution in [2.24, 2.45) is 0 Å². The van der Waals surface area contributed by atoms with E-state index in [0.717, 1.165) is 6.04 Å². The number of fused-ring (bicyclic) bond motifs is 2. The van der Waals surface area contributed by atoms with Crippen molar-refractivity contribution in [1.29, 1.82) is 0 Å². The highest BCUT2D eigenvalue weighted by Crippen LogP contribution is 2.30. The summed E-state index contributed by atoms with van der Waals surface area (Å²) in [6, 6.07) is 1.38. The second kappa shape index (κ2) is 2.32. The van der Waals surface area contributed by atoms with Crippen LogP contribution in [0, 0.1) is 0 Å². The Kier molecular flexibility index (Phi) is 1.55. The topological polar surface area (TPSA) is 6.48 Å². The van der Waals surface area contributed by atoms with Crippen LogP contribution in [0.4, 0.5) is 0 Å². The van der Waals surface area contributed by atoms with Gasteiger partial charge >= 0.3 is 0 Å². The summed E-state index contributed by atoms with van der Waals surface area (Å²) >= 11 is 0. The minimum Gasteiger partial charge on any atom is -0.303 e. The molecule has 2 bridgehead atoms. The van der Waals surface area contributed by atoms with E-state index in [2.05, 4.69) is 30.5 Å². The monoisotopic (exact) mass is 152 g/mol. The van der Waals surface area contributed by atoms with Crippen LogP contribution in [0.1, 0.15) is 6.42 Å². The molecular weight excluding hydrogens is 136 g/mol. The molecule has 2 heteroatoms. The molecule has 0 N–H and O–H groups in total. The summed E-state index contributed by atoms with van der Waals surface area (Å²) in [5, 5.41) is 0. The van der Waals surface area contributed by atoms with Crippen molar-refractivity contribution in [3.05, 3.63) is 12.2 Å². The highest BCUT2D eigenvalue weighted by atomic mass is 15.3. The van der Waals surface area contributed by atoms with Gasteiger partial charge in [0.25, 0.3) is 0 Å². The van der Waals surface area contributed by atoms with E-state index in [4.69, 9.17) is 0 Å². The van der Waals surface area contributed by atoms with E-state index in [0.29, 0.717) is 6.04 Å². The Morgan fingerprint density at radius 3 is 2.73 bits per heavy atom. The van der Waals surface area contributed by atoms with Crippen molar-refractivity contribution < 1.29 is 0 Å². The molecule has 2 nitrogen and oxygen atoms in total. The van der Waals surface area contributed by atoms with Crippen LogP contribution in [-0.4, -0.2) is 49.1 Å². The second-order valence-electron chi connectivity index (χ2n) is 3.92. The molecule has 11 heavy (non-hydrogen) atoms. The lowest BCUT2D eigenvalue weighted by Gasteiger charge is -2.36. The van der Waals surface area contributed by atoms with Crippen LogP contribution in [0.5, 0.6) is 0 Å². The molecule has 0 saturated carbocycles. The standard InChI is InChI=1S/C9H16N2/c1-7-4-8-5-10(2)6-9(7)11(8)3/h8-9H,1,4-6H2,2-3H3/t8-,9-/m1/s1. The van der Waals surface area contributed by atoms with E-state index in [1.54, 1.807) is 0 Å². The van der Waals surface area contributed by atoms with Crippen molar-refractivity contribution in [2.75, 3.05) is 27.2 Å². The fourth-order valence-corrected chi connectivity index (χ4v) is 2.31. The zero-order chi connectivity index (χ0) is 8.01. The van der Waals surface area contributed by atoms with Crippen LogP contribution in [-0.2, 0) is 0 Å². The maximum absolute atomic E-state index is 4.11. The van der Waals surface area contributed by atoms with Gasteiger partial charge < -0.3 is 4.90 Å². The molecule has 0 aromatic rings. The van der Waals surface area contributed by atoms with Gasteiger partial charge in [0.05, 0.1) is 0 Å². The number of hydrogen-bond acceptors (Lipinski definition) is 2. The van der Waals surface area contributed by atoms with Crippen molar-refractivity contribution in [3.63, 3.8) is 0 Å². The molecule has 2 fully saturated rings. The zero-order valence-electron chi connectivity index (χ0n) is 7.38. The first-order chi connectivity index (χ1) is 5.18. The van der Waals surface area contributed by atoms with Crippen molar-refractivity contribution in [3.8, 4) is 0 Å². The highest BCUT2D eigenvalue weighted by Gasteiger charge is 2.38. The number of nitrogens with zero attached hydrogens (tertiary/aromatic N) is 2. The third kappa shape index (κ3) is 1.01. The van der Waals surface area contributed by atoms with Crippen LogP contribution in [0.3, 0.4) is 0 Å². The predicted octanol–water partition coefficient (Wildman–Crippen LogP) is 0.561. The summed E-state index contributed by atoms with van der Waals surface area (Å²) in [7, 11) is 4.42. The molecule has 0 aromatic carbocycles. The Bertz CT molecular complexity index is 188. The van der Waals surface area contributed by atoms with Crippen molar-refractivity contribution in [2.45, 2.75) is 18.5 Å². The lowest BCUT2D eigenvalue weighted by Crippen LogP contribution is -2.50. The Labute approximate surface area is 68.5 Å². The van der Waals surface area contributed by atoms with Crippen LogP contribution >= 0.6 is 0 Å². The van der Waals surface area contributed by atoms with Gasteiger partial charge in [0.15, 0.2) is 0 Å². The smallest absolute Gasteiger partial charge is 0.0433 e. The zero-order valence-corrected chi connectivity index (χ0v) is 7.38. The van der Waals surface area contributed by atoms with Crippen LogP contribution in [0.2, 0.25) is 0 Å². The molecule has 0 aliphatic carbocycles. The summed E-state index contributed by atoms with van der Waals surface area (Å²) in [6.07, 6.45) is 1.21. The quantitative estimate of drug-likeness (QED) is 0.468. The van der Waals surface area contributed by atoms with E-state index in [-0.39, 0.29) is 0 Å². The Morgan fingerprint density at radius 2 is 2.09 bits per heavy atom. The summed E-state index contributed by atoms with van der Waals surface area (Å²) in [5.41, 5.74) is 1.43. The first kappa shape index (κ1) is 7.32. The van der Waals surface area contributed by atoms with Crippen LogP contribution in [0.25, 0.3) is 0 Å². The third-order valence-corrected chi connectivity index (χ3v) is 3.04. The number of rotatable bonds is 0. The average molecular weight is 152 g/mol. The molecular formula is C9H16N2. The van der Waals surface area contributed by atoms with Crippen LogP contribution in [0.15, 0.2) is 12.2 Å². The van der Waals surface area contributed by atoms with Gasteiger partial charge in [-0.2, -0.15) is 0 Å². The van der Waals surface area contributed by atoms with Gasteiger partial charge in [0, 0.05) is 25.2 Å². The maximum atomic E-state index is 4.11. The largest absolute Gasteiger partial charge is 0.303 e. The first-order valence-electron chi connectivity index (χ1n) is 4.26. The van der Waals surface area contributed by atoms with Gasteiger partial charge in [-0.25, -0.2) is 0 Å². The first-order valence-corrected chi connectivity index (χ1v) is 4.26. The molecule has 2 aliphatic rings. The minimum atomic E-state index is 0.638. The third-order valence-electron chi connectivity index (χ3n) is 3.04. The van der Waals surface area contributed by atoms with Gasteiger partial charge in [-0.05, 0) is 20.5 Å². The lowest BCUT2D eigenvalue weighted by molar-refractivity contribution is 0.113. The highest BCUT2D eigenvalue weighted by molar-refractivity contribution is 5.18. The van der Waals surface area contributed by atoms with Gasteiger partial charge in [-0.15, -0.1) is 0 Å².